The number of rotatable bonds is 4. The van der Waals surface area contributed by atoms with Crippen molar-refractivity contribution in [3.8, 4) is 22.5 Å². The fourth-order valence-electron chi connectivity index (χ4n) is 3.61. The Hall–Kier alpha value is -3.35. The standard InChI is InChI=1S/C21H22N4O3/c1-6-18-15(21(26)27-5)10-19(28-18)14-7-8-25-17(9-14)16(11-22-25)20-12(2)23-24(4)13(20)3/h7-11H,6H2,1-5H3. The molecule has 0 aliphatic rings. The first-order valence-corrected chi connectivity index (χ1v) is 9.14. The highest BCUT2D eigenvalue weighted by Crippen LogP contribution is 2.33. The third kappa shape index (κ3) is 2.70. The number of aryl methyl sites for hydroxylation is 3. The van der Waals surface area contributed by atoms with Crippen LogP contribution in [0.3, 0.4) is 0 Å². The number of furan rings is 1. The van der Waals surface area contributed by atoms with Crippen molar-refractivity contribution >= 4 is 11.5 Å². The molecule has 4 rings (SSSR count). The summed E-state index contributed by atoms with van der Waals surface area (Å²) in [5.41, 5.74) is 6.42. The monoisotopic (exact) mass is 378 g/mol. The Labute approximate surface area is 162 Å². The third-order valence-electron chi connectivity index (χ3n) is 5.12. The number of fused-ring (bicyclic) bond motifs is 1. The topological polar surface area (TPSA) is 74.6 Å². The van der Waals surface area contributed by atoms with Gasteiger partial charge in [-0.1, -0.05) is 6.92 Å². The molecule has 7 nitrogen and oxygen atoms in total. The van der Waals surface area contributed by atoms with Crippen molar-refractivity contribution in [2.45, 2.75) is 27.2 Å². The molecule has 7 heteroatoms. The number of hydrogen-bond donors (Lipinski definition) is 0. The summed E-state index contributed by atoms with van der Waals surface area (Å²) in [4.78, 5) is 12.0. The van der Waals surface area contributed by atoms with Crippen molar-refractivity contribution in [3.05, 3.63) is 53.3 Å². The summed E-state index contributed by atoms with van der Waals surface area (Å²) in [6.45, 7) is 5.99. The average Bonchev–Trinajstić information content (AvgIpc) is 3.37. The van der Waals surface area contributed by atoms with Crippen LogP contribution >= 0.6 is 0 Å². The number of aromatic nitrogens is 4. The van der Waals surface area contributed by atoms with E-state index < -0.39 is 0 Å². The number of methoxy groups -OCH3 is 1. The van der Waals surface area contributed by atoms with Gasteiger partial charge in [0.1, 0.15) is 17.1 Å². The fourth-order valence-corrected chi connectivity index (χ4v) is 3.61. The third-order valence-corrected chi connectivity index (χ3v) is 5.12. The molecule has 0 N–H and O–H groups in total. The molecule has 0 aliphatic heterocycles. The lowest BCUT2D eigenvalue weighted by molar-refractivity contribution is 0.0598. The van der Waals surface area contributed by atoms with Crippen LogP contribution in [0.5, 0.6) is 0 Å². The first kappa shape index (κ1) is 18.0. The van der Waals surface area contributed by atoms with Crippen molar-refractivity contribution in [2.75, 3.05) is 7.11 Å². The van der Waals surface area contributed by atoms with Crippen molar-refractivity contribution in [2.24, 2.45) is 7.05 Å². The minimum absolute atomic E-state index is 0.389. The molecule has 4 aromatic rings. The zero-order chi connectivity index (χ0) is 20.0. The van der Waals surface area contributed by atoms with E-state index in [1.807, 2.05) is 61.5 Å². The number of pyridine rings is 1. The summed E-state index contributed by atoms with van der Waals surface area (Å²) in [6.07, 6.45) is 4.36. The number of nitrogens with zero attached hydrogens (tertiary/aromatic N) is 4. The van der Waals surface area contributed by atoms with E-state index in [-0.39, 0.29) is 5.97 Å². The van der Waals surface area contributed by atoms with E-state index in [4.69, 9.17) is 9.15 Å². The van der Waals surface area contributed by atoms with Crippen LogP contribution < -0.4 is 0 Å². The van der Waals surface area contributed by atoms with Crippen LogP contribution in [0.15, 0.2) is 35.0 Å². The highest BCUT2D eigenvalue weighted by Gasteiger charge is 2.20. The smallest absolute Gasteiger partial charge is 0.341 e. The quantitative estimate of drug-likeness (QED) is 0.503. The van der Waals surface area contributed by atoms with Gasteiger partial charge in [0, 0.05) is 42.0 Å². The first-order valence-electron chi connectivity index (χ1n) is 9.14. The van der Waals surface area contributed by atoms with Gasteiger partial charge in [-0.25, -0.2) is 9.31 Å². The zero-order valence-corrected chi connectivity index (χ0v) is 16.6. The van der Waals surface area contributed by atoms with E-state index in [1.54, 1.807) is 6.07 Å². The summed E-state index contributed by atoms with van der Waals surface area (Å²) in [6, 6.07) is 5.69. The average molecular weight is 378 g/mol. The number of ether oxygens (including phenoxy) is 1. The lowest BCUT2D eigenvalue weighted by Crippen LogP contribution is -2.02. The molecular weight excluding hydrogens is 356 g/mol. The first-order chi connectivity index (χ1) is 13.4. The molecule has 4 heterocycles. The Kier molecular flexibility index (Phi) is 4.30. The Morgan fingerprint density at radius 3 is 2.71 bits per heavy atom. The van der Waals surface area contributed by atoms with E-state index in [2.05, 4.69) is 10.2 Å². The van der Waals surface area contributed by atoms with E-state index >= 15 is 0 Å². The van der Waals surface area contributed by atoms with Gasteiger partial charge in [-0.2, -0.15) is 10.2 Å². The maximum atomic E-state index is 12.0. The fraction of sp³-hybridized carbons (Fsp3) is 0.286. The molecule has 28 heavy (non-hydrogen) atoms. The van der Waals surface area contributed by atoms with Gasteiger partial charge >= 0.3 is 5.97 Å². The number of hydrogen-bond acceptors (Lipinski definition) is 5. The number of carbonyl (C=O) groups is 1. The van der Waals surface area contributed by atoms with Crippen molar-refractivity contribution in [1.29, 1.82) is 0 Å². The second-order valence-electron chi connectivity index (χ2n) is 6.77. The molecule has 0 saturated carbocycles. The largest absolute Gasteiger partial charge is 0.465 e. The minimum Gasteiger partial charge on any atom is -0.465 e. The van der Waals surface area contributed by atoms with Crippen LogP contribution in [0.1, 0.15) is 34.4 Å². The molecule has 0 aliphatic carbocycles. The minimum atomic E-state index is -0.389. The SMILES string of the molecule is CCc1oc(-c2ccn3ncc(-c4c(C)nn(C)c4C)c3c2)cc1C(=O)OC. The van der Waals surface area contributed by atoms with E-state index in [9.17, 15) is 4.79 Å². The molecule has 0 bridgehead atoms. The normalized spacial score (nSPS) is 11.3. The van der Waals surface area contributed by atoms with Crippen LogP contribution in [0, 0.1) is 13.8 Å². The molecule has 0 fully saturated rings. The second-order valence-corrected chi connectivity index (χ2v) is 6.77. The van der Waals surface area contributed by atoms with Gasteiger partial charge in [0.25, 0.3) is 0 Å². The molecule has 4 aromatic heterocycles. The molecule has 0 spiro atoms. The molecule has 0 atom stereocenters. The predicted molar refractivity (Wildman–Crippen MR) is 105 cm³/mol. The number of carbonyl (C=O) groups excluding carboxylic acids is 1. The number of esters is 1. The van der Waals surface area contributed by atoms with Gasteiger partial charge in [-0.3, -0.25) is 4.68 Å². The van der Waals surface area contributed by atoms with Gasteiger partial charge < -0.3 is 9.15 Å². The van der Waals surface area contributed by atoms with Crippen molar-refractivity contribution in [3.63, 3.8) is 0 Å². The Morgan fingerprint density at radius 1 is 1.29 bits per heavy atom. The summed E-state index contributed by atoms with van der Waals surface area (Å²) in [5.74, 6) is 0.862. The molecule has 0 radical (unpaired) electrons. The molecule has 0 aromatic carbocycles. The molecular formula is C21H22N4O3. The summed E-state index contributed by atoms with van der Waals surface area (Å²) < 4.78 is 14.5. The molecule has 0 amide bonds. The van der Waals surface area contributed by atoms with Gasteiger partial charge in [0.2, 0.25) is 0 Å². The lowest BCUT2D eigenvalue weighted by atomic mass is 10.0. The second kappa shape index (κ2) is 6.67. The highest BCUT2D eigenvalue weighted by molar-refractivity contribution is 5.92. The van der Waals surface area contributed by atoms with E-state index in [0.29, 0.717) is 23.5 Å². The predicted octanol–water partition coefficient (Wildman–Crippen LogP) is 3.96. The van der Waals surface area contributed by atoms with Gasteiger partial charge in [-0.05, 0) is 32.0 Å². The summed E-state index contributed by atoms with van der Waals surface area (Å²) in [5, 5.41) is 9.00. The van der Waals surface area contributed by atoms with Gasteiger partial charge in [-0.15, -0.1) is 0 Å². The van der Waals surface area contributed by atoms with Crippen LogP contribution in [0.25, 0.3) is 28.0 Å². The van der Waals surface area contributed by atoms with Gasteiger partial charge in [0.15, 0.2) is 0 Å². The zero-order valence-electron chi connectivity index (χ0n) is 16.6. The molecule has 0 unspecified atom stereocenters. The Bertz CT molecular complexity index is 1200. The molecule has 0 saturated heterocycles. The molecule has 144 valence electrons. The Balaban J connectivity index is 1.87. The lowest BCUT2D eigenvalue weighted by Gasteiger charge is -2.03. The van der Waals surface area contributed by atoms with Gasteiger partial charge in [0.05, 0.1) is 24.5 Å². The summed E-state index contributed by atoms with van der Waals surface area (Å²) in [7, 11) is 3.31. The van der Waals surface area contributed by atoms with Crippen molar-refractivity contribution in [1.82, 2.24) is 19.4 Å². The van der Waals surface area contributed by atoms with E-state index in [0.717, 1.165) is 33.6 Å². The van der Waals surface area contributed by atoms with Crippen LogP contribution in [-0.4, -0.2) is 32.5 Å². The highest BCUT2D eigenvalue weighted by atomic mass is 16.5. The maximum Gasteiger partial charge on any atom is 0.341 e. The van der Waals surface area contributed by atoms with Crippen LogP contribution in [0.2, 0.25) is 0 Å². The van der Waals surface area contributed by atoms with Crippen molar-refractivity contribution < 1.29 is 13.9 Å². The summed E-state index contributed by atoms with van der Waals surface area (Å²) >= 11 is 0. The maximum absolute atomic E-state index is 12.0. The van der Waals surface area contributed by atoms with Crippen LogP contribution in [0.4, 0.5) is 0 Å². The Morgan fingerprint density at radius 2 is 2.07 bits per heavy atom. The van der Waals surface area contributed by atoms with Crippen LogP contribution in [-0.2, 0) is 18.2 Å². The van der Waals surface area contributed by atoms with E-state index in [1.165, 1.54) is 7.11 Å².